The van der Waals surface area contributed by atoms with Gasteiger partial charge in [-0.2, -0.15) is 0 Å². The van der Waals surface area contributed by atoms with Gasteiger partial charge in [0, 0.05) is 76.3 Å². The lowest BCUT2D eigenvalue weighted by molar-refractivity contribution is -0.123. The number of nitrogens with zero attached hydrogens (tertiary/aromatic N) is 4. The summed E-state index contributed by atoms with van der Waals surface area (Å²) in [6, 6.07) is 0. The van der Waals surface area contributed by atoms with Crippen LogP contribution in [0.2, 0.25) is 0 Å². The summed E-state index contributed by atoms with van der Waals surface area (Å²) in [5.74, 6) is 0.376. The standard InChI is InChI=1S/C16H30N2O3.C16H28N2O3/c2*1-15(2,3)21-14(20)17-11-7-16(4,8-12-17)18-9-5-13(19)6-10-18/h13,19H,5-12H2,1-4H3;5-12H2,1-4H3. The maximum absolute atomic E-state index is 12.1. The van der Waals surface area contributed by atoms with Crippen LogP contribution in [0.5, 0.6) is 0 Å². The second kappa shape index (κ2) is 13.8. The number of Topliss-reactive ketones (excluding diaryl/α,β-unsaturated/α-hetero) is 1. The highest BCUT2D eigenvalue weighted by Gasteiger charge is 2.40. The van der Waals surface area contributed by atoms with Gasteiger partial charge in [-0.15, -0.1) is 0 Å². The third-order valence-corrected chi connectivity index (χ3v) is 9.30. The van der Waals surface area contributed by atoms with Gasteiger partial charge < -0.3 is 24.4 Å². The van der Waals surface area contributed by atoms with Crippen LogP contribution in [0.3, 0.4) is 0 Å². The van der Waals surface area contributed by atoms with Gasteiger partial charge in [0.05, 0.1) is 6.10 Å². The number of likely N-dealkylation sites (tertiary alicyclic amines) is 4. The van der Waals surface area contributed by atoms with Crippen molar-refractivity contribution in [3.8, 4) is 0 Å². The Bertz CT molecular complexity index is 908. The third kappa shape index (κ3) is 10.1. The molecule has 4 heterocycles. The Kier molecular flexibility index (Phi) is 11.4. The first-order valence-corrected chi connectivity index (χ1v) is 16.0. The number of aliphatic hydroxyl groups excluding tert-OH is 1. The topological polar surface area (TPSA) is 103 Å². The average Bonchev–Trinajstić information content (AvgIpc) is 2.88. The summed E-state index contributed by atoms with van der Waals surface area (Å²) in [5.41, 5.74) is -0.607. The van der Waals surface area contributed by atoms with Crippen molar-refractivity contribution in [2.45, 2.75) is 135 Å². The van der Waals surface area contributed by atoms with Gasteiger partial charge in [-0.05, 0) is 93.9 Å². The molecule has 2 amide bonds. The Morgan fingerprint density at radius 3 is 1.33 bits per heavy atom. The van der Waals surface area contributed by atoms with Gasteiger partial charge in [0.1, 0.15) is 17.0 Å². The summed E-state index contributed by atoms with van der Waals surface area (Å²) in [6.45, 7) is 22.6. The van der Waals surface area contributed by atoms with E-state index in [2.05, 4.69) is 23.6 Å². The van der Waals surface area contributed by atoms with Crippen molar-refractivity contribution in [1.29, 1.82) is 0 Å². The van der Waals surface area contributed by atoms with Crippen LogP contribution < -0.4 is 0 Å². The van der Waals surface area contributed by atoms with Crippen molar-refractivity contribution >= 4 is 18.0 Å². The molecule has 4 fully saturated rings. The van der Waals surface area contributed by atoms with E-state index in [1.165, 1.54) is 0 Å². The number of rotatable bonds is 2. The zero-order valence-corrected chi connectivity index (χ0v) is 27.7. The number of amides is 2. The first-order valence-electron chi connectivity index (χ1n) is 16.0. The number of carbonyl (C=O) groups is 3. The maximum atomic E-state index is 12.1. The molecule has 0 aromatic heterocycles. The number of ketones is 1. The zero-order valence-electron chi connectivity index (χ0n) is 27.7. The van der Waals surface area contributed by atoms with E-state index in [-0.39, 0.29) is 29.4 Å². The highest BCUT2D eigenvalue weighted by Crippen LogP contribution is 2.32. The van der Waals surface area contributed by atoms with Crippen LogP contribution >= 0.6 is 0 Å². The van der Waals surface area contributed by atoms with Crippen molar-refractivity contribution in [2.24, 2.45) is 0 Å². The molecule has 4 aliphatic rings. The zero-order chi connectivity index (χ0) is 31.3. The quantitative estimate of drug-likeness (QED) is 0.492. The van der Waals surface area contributed by atoms with Crippen LogP contribution in [0, 0.1) is 0 Å². The van der Waals surface area contributed by atoms with Gasteiger partial charge in [0.2, 0.25) is 0 Å². The molecule has 0 bridgehead atoms. The van der Waals surface area contributed by atoms with Gasteiger partial charge >= 0.3 is 12.2 Å². The molecule has 42 heavy (non-hydrogen) atoms. The fourth-order valence-electron chi connectivity index (χ4n) is 6.33. The minimum Gasteiger partial charge on any atom is -0.444 e. The fraction of sp³-hybridized carbons (Fsp3) is 0.906. The first-order chi connectivity index (χ1) is 19.4. The largest absolute Gasteiger partial charge is 0.444 e. The van der Waals surface area contributed by atoms with Crippen LogP contribution in [0.1, 0.15) is 107 Å². The Balaban J connectivity index is 0.000000230. The molecule has 242 valence electrons. The van der Waals surface area contributed by atoms with Crippen LogP contribution in [0.15, 0.2) is 0 Å². The smallest absolute Gasteiger partial charge is 0.410 e. The van der Waals surface area contributed by atoms with Gasteiger partial charge in [-0.1, -0.05) is 0 Å². The van der Waals surface area contributed by atoms with Crippen molar-refractivity contribution in [3.63, 3.8) is 0 Å². The van der Waals surface area contributed by atoms with Crippen LogP contribution in [-0.2, 0) is 14.3 Å². The molecule has 0 aromatic carbocycles. The van der Waals surface area contributed by atoms with E-state index < -0.39 is 11.2 Å². The summed E-state index contributed by atoms with van der Waals surface area (Å²) < 4.78 is 10.9. The van der Waals surface area contributed by atoms with E-state index in [0.29, 0.717) is 18.6 Å². The van der Waals surface area contributed by atoms with E-state index >= 15 is 0 Å². The molecular weight excluding hydrogens is 536 g/mol. The second-order valence-corrected chi connectivity index (χ2v) is 15.2. The third-order valence-electron chi connectivity index (χ3n) is 9.30. The van der Waals surface area contributed by atoms with Crippen LogP contribution in [0.25, 0.3) is 0 Å². The molecule has 0 aliphatic carbocycles. The lowest BCUT2D eigenvalue weighted by Crippen LogP contribution is -2.57. The lowest BCUT2D eigenvalue weighted by atomic mass is 9.86. The summed E-state index contributed by atoms with van der Waals surface area (Å²) in [5, 5.41) is 9.64. The van der Waals surface area contributed by atoms with Crippen molar-refractivity contribution in [3.05, 3.63) is 0 Å². The second-order valence-electron chi connectivity index (χ2n) is 15.2. The summed E-state index contributed by atoms with van der Waals surface area (Å²) in [4.78, 5) is 44.1. The molecule has 0 saturated carbocycles. The van der Waals surface area contributed by atoms with Gasteiger partial charge in [0.25, 0.3) is 0 Å². The minimum atomic E-state index is -0.439. The maximum Gasteiger partial charge on any atom is 0.410 e. The number of hydrogen-bond donors (Lipinski definition) is 1. The van der Waals surface area contributed by atoms with Gasteiger partial charge in [0.15, 0.2) is 0 Å². The predicted molar refractivity (Wildman–Crippen MR) is 164 cm³/mol. The molecule has 0 unspecified atom stereocenters. The lowest BCUT2D eigenvalue weighted by Gasteiger charge is -2.48. The number of ether oxygens (including phenoxy) is 2. The molecule has 4 aliphatic heterocycles. The molecule has 0 atom stereocenters. The van der Waals surface area contributed by atoms with E-state index in [9.17, 15) is 19.5 Å². The number of piperidine rings is 4. The summed E-state index contributed by atoms with van der Waals surface area (Å²) >= 11 is 0. The highest BCUT2D eigenvalue weighted by molar-refractivity contribution is 5.79. The van der Waals surface area contributed by atoms with Gasteiger partial charge in [-0.25, -0.2) is 9.59 Å². The van der Waals surface area contributed by atoms with E-state index in [1.54, 1.807) is 0 Å². The van der Waals surface area contributed by atoms with Gasteiger partial charge in [-0.3, -0.25) is 14.6 Å². The molecule has 0 radical (unpaired) electrons. The van der Waals surface area contributed by atoms with E-state index in [1.807, 2.05) is 51.3 Å². The average molecular weight is 595 g/mol. The predicted octanol–water partition coefficient (Wildman–Crippen LogP) is 4.67. The highest BCUT2D eigenvalue weighted by atomic mass is 16.6. The molecule has 0 spiro atoms. The Labute approximate surface area is 254 Å². The fourth-order valence-corrected chi connectivity index (χ4v) is 6.33. The number of hydrogen-bond acceptors (Lipinski definition) is 8. The molecule has 4 saturated heterocycles. The molecule has 10 nitrogen and oxygen atoms in total. The van der Waals surface area contributed by atoms with Crippen molar-refractivity contribution in [2.75, 3.05) is 52.4 Å². The summed E-state index contributed by atoms with van der Waals surface area (Å²) in [7, 11) is 0. The minimum absolute atomic E-state index is 0.110. The Hall–Kier alpha value is -1.91. The molecule has 10 heteroatoms. The van der Waals surface area contributed by atoms with Crippen molar-refractivity contribution < 1.29 is 29.0 Å². The van der Waals surface area contributed by atoms with Crippen LogP contribution in [0.4, 0.5) is 9.59 Å². The molecule has 0 aromatic rings. The van der Waals surface area contributed by atoms with Crippen LogP contribution in [-0.4, -0.2) is 123 Å². The van der Waals surface area contributed by atoms with E-state index in [0.717, 1.165) is 90.9 Å². The molecular formula is C32H58N4O6. The first kappa shape index (κ1) is 34.6. The summed E-state index contributed by atoms with van der Waals surface area (Å²) in [6.07, 6.45) is 6.38. The molecule has 1 N–H and O–H groups in total. The number of aliphatic hydroxyl groups is 1. The molecule has 4 rings (SSSR count). The Morgan fingerprint density at radius 2 is 1.00 bits per heavy atom. The Morgan fingerprint density at radius 1 is 0.667 bits per heavy atom. The monoisotopic (exact) mass is 594 g/mol. The normalized spacial score (nSPS) is 24.5. The van der Waals surface area contributed by atoms with Crippen molar-refractivity contribution in [1.82, 2.24) is 19.6 Å². The number of carbonyl (C=O) groups excluding carboxylic acids is 3. The SMILES string of the molecule is CC(C)(C)OC(=O)N1CCC(C)(N2CCC(=O)CC2)CC1.CC(C)(C)OC(=O)N1CCC(C)(N2CCC(O)CC2)CC1. The van der Waals surface area contributed by atoms with E-state index in [4.69, 9.17) is 9.47 Å².